The highest BCUT2D eigenvalue weighted by Crippen LogP contribution is 2.33. The van der Waals surface area contributed by atoms with E-state index in [1.807, 2.05) is 6.07 Å². The van der Waals surface area contributed by atoms with Crippen molar-refractivity contribution in [1.82, 2.24) is 20.3 Å². The standard InChI is InChI=1S/C23H19F4N5O/c24-17-10-14(32-7-5-28-6-8-32)11-18-20(17)31-22(30-18)19-9-13(12-29-19)21(33)15-3-1-2-4-16(15)23(25,26)27/h1-4,9-12,28-29H,5-8H2,(H,30,31). The smallest absolute Gasteiger partial charge is 0.369 e. The van der Waals surface area contributed by atoms with Gasteiger partial charge in [0, 0.05) is 49.2 Å². The molecular weight excluding hydrogens is 438 g/mol. The van der Waals surface area contributed by atoms with Gasteiger partial charge in [0.1, 0.15) is 5.52 Å². The van der Waals surface area contributed by atoms with E-state index < -0.39 is 28.9 Å². The van der Waals surface area contributed by atoms with Crippen molar-refractivity contribution in [3.8, 4) is 11.5 Å². The van der Waals surface area contributed by atoms with Crippen LogP contribution in [0.1, 0.15) is 21.5 Å². The summed E-state index contributed by atoms with van der Waals surface area (Å²) in [5, 5.41) is 3.25. The molecule has 0 amide bonds. The number of alkyl halides is 3. The number of aromatic nitrogens is 3. The van der Waals surface area contributed by atoms with E-state index in [1.165, 1.54) is 30.5 Å². The van der Waals surface area contributed by atoms with E-state index in [1.54, 1.807) is 0 Å². The zero-order valence-corrected chi connectivity index (χ0v) is 17.3. The molecule has 10 heteroatoms. The predicted molar refractivity (Wildman–Crippen MR) is 116 cm³/mol. The number of imidazole rings is 1. The van der Waals surface area contributed by atoms with Crippen LogP contribution in [0.5, 0.6) is 0 Å². The Morgan fingerprint density at radius 1 is 1.06 bits per heavy atom. The van der Waals surface area contributed by atoms with Crippen molar-refractivity contribution in [2.24, 2.45) is 0 Å². The fraction of sp³-hybridized carbons (Fsp3) is 0.217. The Kier molecular flexibility index (Phi) is 5.16. The molecule has 0 bridgehead atoms. The second kappa shape index (κ2) is 8.04. The van der Waals surface area contributed by atoms with Crippen LogP contribution in [0.25, 0.3) is 22.6 Å². The van der Waals surface area contributed by atoms with E-state index in [0.29, 0.717) is 11.2 Å². The van der Waals surface area contributed by atoms with Crippen molar-refractivity contribution in [2.75, 3.05) is 31.1 Å². The van der Waals surface area contributed by atoms with Gasteiger partial charge in [-0.25, -0.2) is 9.37 Å². The van der Waals surface area contributed by atoms with Gasteiger partial charge >= 0.3 is 6.18 Å². The number of halogens is 4. The molecule has 1 aliphatic rings. The number of hydrogen-bond donors (Lipinski definition) is 3. The molecule has 1 fully saturated rings. The third-order valence-electron chi connectivity index (χ3n) is 5.68. The summed E-state index contributed by atoms with van der Waals surface area (Å²) in [6, 6.07) is 9.30. The number of carbonyl (C=O) groups excluding carboxylic acids is 1. The molecule has 0 spiro atoms. The van der Waals surface area contributed by atoms with Crippen LogP contribution in [-0.2, 0) is 6.18 Å². The minimum Gasteiger partial charge on any atom is -0.369 e. The maximum absolute atomic E-state index is 14.7. The van der Waals surface area contributed by atoms with E-state index in [-0.39, 0.29) is 16.9 Å². The fourth-order valence-electron chi connectivity index (χ4n) is 4.04. The number of H-pyrrole nitrogens is 2. The number of ketones is 1. The molecule has 0 atom stereocenters. The van der Waals surface area contributed by atoms with E-state index in [0.717, 1.165) is 44.0 Å². The summed E-state index contributed by atoms with van der Waals surface area (Å²) < 4.78 is 54.6. The lowest BCUT2D eigenvalue weighted by molar-refractivity contribution is -0.137. The molecule has 0 radical (unpaired) electrons. The maximum atomic E-state index is 14.7. The fourth-order valence-corrected chi connectivity index (χ4v) is 4.04. The number of benzene rings is 2. The predicted octanol–water partition coefficient (Wildman–Crippen LogP) is 4.36. The van der Waals surface area contributed by atoms with Crippen molar-refractivity contribution in [1.29, 1.82) is 0 Å². The topological polar surface area (TPSA) is 76.8 Å². The van der Waals surface area contributed by atoms with E-state index >= 15 is 0 Å². The molecule has 0 aliphatic carbocycles. The van der Waals surface area contributed by atoms with Gasteiger partial charge in [0.15, 0.2) is 17.4 Å². The van der Waals surface area contributed by atoms with Crippen LogP contribution in [0, 0.1) is 5.82 Å². The first-order valence-electron chi connectivity index (χ1n) is 10.4. The van der Waals surface area contributed by atoms with Crippen LogP contribution >= 0.6 is 0 Å². The molecule has 2 aromatic heterocycles. The molecule has 170 valence electrons. The first-order chi connectivity index (χ1) is 15.8. The van der Waals surface area contributed by atoms with E-state index in [2.05, 4.69) is 25.2 Å². The number of carbonyl (C=O) groups is 1. The van der Waals surface area contributed by atoms with Gasteiger partial charge in [0.05, 0.1) is 16.8 Å². The largest absolute Gasteiger partial charge is 0.417 e. The number of aromatic amines is 2. The van der Waals surface area contributed by atoms with Gasteiger partial charge in [-0.1, -0.05) is 18.2 Å². The first kappa shape index (κ1) is 21.2. The van der Waals surface area contributed by atoms with Crippen molar-refractivity contribution in [3.05, 3.63) is 71.2 Å². The highest BCUT2D eigenvalue weighted by Gasteiger charge is 2.35. The molecule has 0 saturated carbocycles. The molecular formula is C23H19F4N5O. The van der Waals surface area contributed by atoms with Gasteiger partial charge < -0.3 is 20.2 Å². The number of piperazine rings is 1. The zero-order chi connectivity index (χ0) is 23.2. The molecule has 5 rings (SSSR count). The van der Waals surface area contributed by atoms with Crippen molar-refractivity contribution >= 4 is 22.5 Å². The van der Waals surface area contributed by atoms with Crippen LogP contribution in [0.4, 0.5) is 23.2 Å². The van der Waals surface area contributed by atoms with Crippen LogP contribution in [0.3, 0.4) is 0 Å². The van der Waals surface area contributed by atoms with Crippen molar-refractivity contribution < 1.29 is 22.4 Å². The van der Waals surface area contributed by atoms with E-state index in [4.69, 9.17) is 0 Å². The molecule has 0 unspecified atom stereocenters. The Balaban J connectivity index is 1.47. The Hall–Kier alpha value is -3.66. The molecule has 4 aromatic rings. The average molecular weight is 457 g/mol. The number of anilines is 1. The summed E-state index contributed by atoms with van der Waals surface area (Å²) >= 11 is 0. The lowest BCUT2D eigenvalue weighted by atomic mass is 9.99. The van der Waals surface area contributed by atoms with Gasteiger partial charge in [-0.3, -0.25) is 4.79 Å². The summed E-state index contributed by atoms with van der Waals surface area (Å²) in [6.45, 7) is 3.14. The van der Waals surface area contributed by atoms with Gasteiger partial charge in [-0.15, -0.1) is 0 Å². The molecule has 6 nitrogen and oxygen atoms in total. The highest BCUT2D eigenvalue weighted by atomic mass is 19.4. The summed E-state index contributed by atoms with van der Waals surface area (Å²) in [5.74, 6) is -0.969. The van der Waals surface area contributed by atoms with Gasteiger partial charge in [0.2, 0.25) is 0 Å². The molecule has 1 aliphatic heterocycles. The number of rotatable bonds is 4. The van der Waals surface area contributed by atoms with Gasteiger partial charge in [0.25, 0.3) is 0 Å². The molecule has 3 heterocycles. The molecule has 33 heavy (non-hydrogen) atoms. The SMILES string of the molecule is O=C(c1c[nH]c(-c2nc3c(F)cc(N4CCNCC4)cc3[nH]2)c1)c1ccccc1C(F)(F)F. The summed E-state index contributed by atoms with van der Waals surface area (Å²) in [5.41, 5.74) is 0.349. The molecule has 2 aromatic carbocycles. The summed E-state index contributed by atoms with van der Waals surface area (Å²) in [7, 11) is 0. The van der Waals surface area contributed by atoms with Crippen LogP contribution in [0.15, 0.2) is 48.7 Å². The number of nitrogens with zero attached hydrogens (tertiary/aromatic N) is 2. The Labute approximate surface area is 185 Å². The summed E-state index contributed by atoms with van der Waals surface area (Å²) in [6.07, 6.45) is -3.33. The zero-order valence-electron chi connectivity index (χ0n) is 17.3. The third kappa shape index (κ3) is 3.97. The number of hydrogen-bond acceptors (Lipinski definition) is 4. The van der Waals surface area contributed by atoms with E-state index in [9.17, 15) is 22.4 Å². The second-order valence-electron chi connectivity index (χ2n) is 7.82. The lowest BCUT2D eigenvalue weighted by Gasteiger charge is -2.29. The van der Waals surface area contributed by atoms with Crippen LogP contribution in [0.2, 0.25) is 0 Å². The second-order valence-corrected chi connectivity index (χ2v) is 7.82. The number of nitrogens with one attached hydrogen (secondary N) is 3. The monoisotopic (exact) mass is 457 g/mol. The Bertz CT molecular complexity index is 1330. The minimum absolute atomic E-state index is 0.0455. The van der Waals surface area contributed by atoms with Crippen molar-refractivity contribution in [2.45, 2.75) is 6.18 Å². The van der Waals surface area contributed by atoms with Crippen LogP contribution < -0.4 is 10.2 Å². The Morgan fingerprint density at radius 3 is 2.58 bits per heavy atom. The lowest BCUT2D eigenvalue weighted by Crippen LogP contribution is -2.43. The minimum atomic E-state index is -4.65. The maximum Gasteiger partial charge on any atom is 0.417 e. The third-order valence-corrected chi connectivity index (χ3v) is 5.68. The molecule has 3 N–H and O–H groups in total. The summed E-state index contributed by atoms with van der Waals surface area (Å²) in [4.78, 5) is 25.0. The van der Waals surface area contributed by atoms with Gasteiger partial charge in [-0.2, -0.15) is 13.2 Å². The molecule has 1 saturated heterocycles. The highest BCUT2D eigenvalue weighted by molar-refractivity contribution is 6.10. The first-order valence-corrected chi connectivity index (χ1v) is 10.4. The van der Waals surface area contributed by atoms with Gasteiger partial charge in [-0.05, 0) is 24.3 Å². The van der Waals surface area contributed by atoms with Crippen LogP contribution in [-0.4, -0.2) is 46.9 Å². The quantitative estimate of drug-likeness (QED) is 0.315. The normalized spacial score (nSPS) is 14.7. The van der Waals surface area contributed by atoms with Crippen molar-refractivity contribution in [3.63, 3.8) is 0 Å². The number of fused-ring (bicyclic) bond motifs is 1. The average Bonchev–Trinajstić information content (AvgIpc) is 3.46. The Morgan fingerprint density at radius 2 is 1.82 bits per heavy atom.